The number of hydrogen-bond donors (Lipinski definition) is 1. The summed E-state index contributed by atoms with van der Waals surface area (Å²) in [5.74, 6) is 0.137. The zero-order chi connectivity index (χ0) is 29.9. The van der Waals surface area contributed by atoms with Gasteiger partial charge in [-0.2, -0.15) is 0 Å². The standard InChI is InChI=1S/C32H36ClN3O5S2/c1-19-30(37)35-43(38,39)25-8-10-29-28(13-25)36(14-22-5-6-23(22)15-40-16-27-20(2)42-31(19)34-27)17-32(18-41-29)11-3-4-21-12-24(33)7-9-26(21)32/h7-10,12-13,19,22-23H,3-6,11,14-18H2,1-2H3,(H,35,37)/t19?,22-,23-,32-/m0/s1. The van der Waals surface area contributed by atoms with Crippen LogP contribution in [0.4, 0.5) is 5.69 Å². The molecule has 3 aromatic rings. The molecule has 2 aliphatic heterocycles. The molecule has 8 nitrogen and oxygen atoms in total. The third kappa shape index (κ3) is 5.34. The number of aryl methyl sites for hydroxylation is 2. The lowest BCUT2D eigenvalue weighted by atomic mass is 9.69. The van der Waals surface area contributed by atoms with Gasteiger partial charge < -0.3 is 14.4 Å². The minimum Gasteiger partial charge on any atom is -0.490 e. The van der Waals surface area contributed by atoms with Gasteiger partial charge in [-0.1, -0.05) is 17.7 Å². The molecule has 4 atom stereocenters. The van der Waals surface area contributed by atoms with E-state index in [1.807, 2.05) is 13.0 Å². The Morgan fingerprint density at radius 1 is 1.16 bits per heavy atom. The van der Waals surface area contributed by atoms with E-state index in [2.05, 4.69) is 26.7 Å². The number of hydrogen-bond acceptors (Lipinski definition) is 8. The highest BCUT2D eigenvalue weighted by atomic mass is 35.5. The number of amides is 1. The molecule has 3 heterocycles. The van der Waals surface area contributed by atoms with Gasteiger partial charge in [0.15, 0.2) is 0 Å². The summed E-state index contributed by atoms with van der Waals surface area (Å²) < 4.78 is 42.2. The van der Waals surface area contributed by atoms with E-state index in [-0.39, 0.29) is 10.3 Å². The fourth-order valence-corrected chi connectivity index (χ4v) is 9.35. The number of thiazole rings is 1. The molecular formula is C32H36ClN3O5S2. The lowest BCUT2D eigenvalue weighted by Gasteiger charge is -2.44. The van der Waals surface area contributed by atoms with Crippen molar-refractivity contribution in [2.24, 2.45) is 11.8 Å². The Bertz CT molecular complexity index is 1690. The summed E-state index contributed by atoms with van der Waals surface area (Å²) in [6.07, 6.45) is 5.16. The zero-order valence-electron chi connectivity index (χ0n) is 24.4. The number of halogens is 1. The number of rotatable bonds is 0. The summed E-state index contributed by atoms with van der Waals surface area (Å²) in [5.41, 5.74) is 3.82. The first-order chi connectivity index (χ1) is 20.6. The Morgan fingerprint density at radius 3 is 2.81 bits per heavy atom. The second-order valence-corrected chi connectivity index (χ2v) is 15.9. The van der Waals surface area contributed by atoms with Gasteiger partial charge in [-0.25, -0.2) is 18.1 Å². The zero-order valence-corrected chi connectivity index (χ0v) is 26.8. The Kier molecular flexibility index (Phi) is 7.47. The van der Waals surface area contributed by atoms with Crippen molar-refractivity contribution in [2.75, 3.05) is 31.2 Å². The van der Waals surface area contributed by atoms with Crippen LogP contribution in [0.15, 0.2) is 41.3 Å². The van der Waals surface area contributed by atoms with Crippen LogP contribution in [0.1, 0.15) is 65.2 Å². The predicted molar refractivity (Wildman–Crippen MR) is 167 cm³/mol. The van der Waals surface area contributed by atoms with Gasteiger partial charge in [0.2, 0.25) is 5.91 Å². The number of nitrogens with zero attached hydrogens (tertiary/aromatic N) is 2. The summed E-state index contributed by atoms with van der Waals surface area (Å²) >= 11 is 7.81. The molecule has 11 heteroatoms. The van der Waals surface area contributed by atoms with Crippen LogP contribution in [0.25, 0.3) is 0 Å². The average molecular weight is 642 g/mol. The third-order valence-electron chi connectivity index (χ3n) is 9.83. The average Bonchev–Trinajstić information content (AvgIpc) is 3.26. The number of aromatic nitrogens is 1. The lowest BCUT2D eigenvalue weighted by molar-refractivity contribution is -0.120. The van der Waals surface area contributed by atoms with E-state index in [9.17, 15) is 13.2 Å². The molecule has 7 rings (SSSR count). The minimum atomic E-state index is -4.14. The molecule has 2 aliphatic carbocycles. The number of anilines is 1. The van der Waals surface area contributed by atoms with Crippen LogP contribution >= 0.6 is 22.9 Å². The van der Waals surface area contributed by atoms with Crippen molar-refractivity contribution in [3.63, 3.8) is 0 Å². The highest BCUT2D eigenvalue weighted by molar-refractivity contribution is 7.90. The second kappa shape index (κ2) is 11.1. The summed E-state index contributed by atoms with van der Waals surface area (Å²) in [7, 11) is -4.14. The quantitative estimate of drug-likeness (QED) is 0.334. The van der Waals surface area contributed by atoms with Gasteiger partial charge in [-0.15, -0.1) is 11.3 Å². The summed E-state index contributed by atoms with van der Waals surface area (Å²) in [6, 6.07) is 11.1. The molecule has 228 valence electrons. The molecule has 1 fully saturated rings. The van der Waals surface area contributed by atoms with Crippen molar-refractivity contribution in [3.8, 4) is 5.75 Å². The Balaban J connectivity index is 1.29. The van der Waals surface area contributed by atoms with Crippen molar-refractivity contribution in [3.05, 3.63) is 68.1 Å². The number of carbonyl (C=O) groups excluding carboxylic acids is 1. The minimum absolute atomic E-state index is 0.0426. The van der Waals surface area contributed by atoms with Gasteiger partial charge in [0.1, 0.15) is 10.8 Å². The van der Waals surface area contributed by atoms with Gasteiger partial charge in [0, 0.05) is 28.4 Å². The van der Waals surface area contributed by atoms with E-state index >= 15 is 0 Å². The van der Waals surface area contributed by atoms with Crippen LogP contribution in [0, 0.1) is 18.8 Å². The van der Waals surface area contributed by atoms with Gasteiger partial charge in [0.25, 0.3) is 10.0 Å². The molecular weight excluding hydrogens is 606 g/mol. The lowest BCUT2D eigenvalue weighted by Crippen LogP contribution is -2.48. The van der Waals surface area contributed by atoms with Crippen molar-refractivity contribution >= 4 is 44.6 Å². The van der Waals surface area contributed by atoms with Crippen LogP contribution in [0.3, 0.4) is 0 Å². The first kappa shape index (κ1) is 29.1. The van der Waals surface area contributed by atoms with Crippen LogP contribution in [0.5, 0.6) is 5.75 Å². The molecule has 1 aromatic heterocycles. The number of sulfonamides is 1. The van der Waals surface area contributed by atoms with E-state index in [1.165, 1.54) is 28.5 Å². The largest absolute Gasteiger partial charge is 0.490 e. The maximum absolute atomic E-state index is 13.6. The first-order valence-corrected chi connectivity index (χ1v) is 17.7. The predicted octanol–water partition coefficient (Wildman–Crippen LogP) is 5.74. The number of fused-ring (bicyclic) bond motifs is 6. The van der Waals surface area contributed by atoms with Gasteiger partial charge in [0.05, 0.1) is 42.0 Å². The van der Waals surface area contributed by atoms with Gasteiger partial charge in [-0.3, -0.25) is 4.79 Å². The molecule has 0 saturated heterocycles. The SMILES string of the molecule is Cc1sc2nc1COC[C@@H]1CC[C@H]1CN1C[C@@]3(CCCc4cc(Cl)ccc43)COc3ccc(cc31)S(=O)(=O)NC(=O)C2C. The molecule has 1 N–H and O–H groups in total. The van der Waals surface area contributed by atoms with Crippen molar-refractivity contribution in [1.29, 1.82) is 0 Å². The van der Waals surface area contributed by atoms with E-state index < -0.39 is 21.8 Å². The summed E-state index contributed by atoms with van der Waals surface area (Å²) in [4.78, 5) is 21.2. The Morgan fingerprint density at radius 2 is 2.00 bits per heavy atom. The maximum atomic E-state index is 13.6. The molecule has 4 aliphatic rings. The van der Waals surface area contributed by atoms with Crippen LogP contribution < -0.4 is 14.4 Å². The molecule has 1 unspecified atom stereocenters. The highest BCUT2D eigenvalue weighted by Crippen LogP contribution is 2.46. The highest BCUT2D eigenvalue weighted by Gasteiger charge is 2.43. The second-order valence-electron chi connectivity index (χ2n) is 12.6. The van der Waals surface area contributed by atoms with E-state index in [0.29, 0.717) is 49.0 Å². The molecule has 1 amide bonds. The maximum Gasteiger partial charge on any atom is 0.264 e. The Labute approximate surface area is 261 Å². The number of benzene rings is 2. The molecule has 0 radical (unpaired) electrons. The smallest absolute Gasteiger partial charge is 0.264 e. The number of carbonyl (C=O) groups is 1. The molecule has 2 aromatic carbocycles. The summed E-state index contributed by atoms with van der Waals surface area (Å²) in [5, 5.41) is 1.32. The van der Waals surface area contributed by atoms with Crippen molar-refractivity contribution < 1.29 is 22.7 Å². The molecule has 43 heavy (non-hydrogen) atoms. The number of nitrogens with one attached hydrogen (secondary N) is 1. The summed E-state index contributed by atoms with van der Waals surface area (Å²) in [6.45, 7) is 6.63. The fraction of sp³-hybridized carbons (Fsp3) is 0.500. The topological polar surface area (TPSA) is 97.8 Å². The van der Waals surface area contributed by atoms with Crippen LogP contribution in [-0.4, -0.2) is 45.6 Å². The monoisotopic (exact) mass is 641 g/mol. The van der Waals surface area contributed by atoms with E-state index in [1.54, 1.807) is 19.1 Å². The van der Waals surface area contributed by atoms with Gasteiger partial charge >= 0.3 is 0 Å². The Hall–Kier alpha value is -2.66. The normalized spacial score (nSPS) is 28.4. The van der Waals surface area contributed by atoms with Crippen LogP contribution in [-0.2, 0) is 38.0 Å². The third-order valence-corrected chi connectivity index (χ3v) is 12.6. The fourth-order valence-electron chi connectivity index (χ4n) is 7.11. The van der Waals surface area contributed by atoms with Crippen LogP contribution in [0.2, 0.25) is 5.02 Å². The van der Waals surface area contributed by atoms with Gasteiger partial charge in [-0.05, 0) is 99.2 Å². The number of ether oxygens (including phenoxy) is 2. The van der Waals surface area contributed by atoms with E-state index in [4.69, 9.17) is 21.1 Å². The van der Waals surface area contributed by atoms with E-state index in [0.717, 1.165) is 59.9 Å². The molecule has 4 bridgehead atoms. The first-order valence-electron chi connectivity index (χ1n) is 15.0. The molecule has 1 saturated carbocycles. The van der Waals surface area contributed by atoms with Crippen molar-refractivity contribution in [2.45, 2.75) is 68.8 Å². The molecule has 1 spiro atoms. The van der Waals surface area contributed by atoms with Crippen molar-refractivity contribution in [1.82, 2.24) is 9.71 Å².